The van der Waals surface area contributed by atoms with Crippen molar-refractivity contribution in [3.8, 4) is 0 Å². The van der Waals surface area contributed by atoms with E-state index in [0.717, 1.165) is 0 Å². The van der Waals surface area contributed by atoms with Gasteiger partial charge in [0.15, 0.2) is 12.1 Å². The van der Waals surface area contributed by atoms with E-state index in [-0.39, 0.29) is 5.78 Å². The Balaban J connectivity index is 3.22. The molecular weight excluding hydrogens is 267 g/mol. The molecule has 1 rings (SSSR count). The Hall–Kier alpha value is -0.670. The van der Waals surface area contributed by atoms with Crippen LogP contribution in [0.4, 0.5) is 0 Å². The van der Waals surface area contributed by atoms with Gasteiger partial charge in [-0.25, -0.2) is 0 Å². The first-order chi connectivity index (χ1) is 6.57. The van der Waals surface area contributed by atoms with Crippen LogP contribution < -0.4 is 0 Å². The molecule has 74 valence electrons. The monoisotopic (exact) mass is 274 g/mol. The van der Waals surface area contributed by atoms with E-state index in [9.17, 15) is 9.59 Å². The van der Waals surface area contributed by atoms with Gasteiger partial charge in [0, 0.05) is 15.6 Å². The molecule has 2 nitrogen and oxygen atoms in total. The van der Waals surface area contributed by atoms with E-state index in [1.54, 1.807) is 25.1 Å². The molecule has 0 aromatic heterocycles. The zero-order valence-corrected chi connectivity index (χ0v) is 9.80. The number of benzene rings is 1. The SMILES string of the molecule is CC(Cl)C(=O)c1cccc(C=O)c1Br. The highest BCUT2D eigenvalue weighted by Crippen LogP contribution is 2.22. The molecule has 0 aliphatic carbocycles. The predicted molar refractivity (Wildman–Crippen MR) is 59.2 cm³/mol. The molecular formula is C10H8BrClO2. The Labute approximate surface area is 95.4 Å². The van der Waals surface area contributed by atoms with E-state index in [1.807, 2.05) is 0 Å². The van der Waals surface area contributed by atoms with Gasteiger partial charge in [0.25, 0.3) is 0 Å². The van der Waals surface area contributed by atoms with Gasteiger partial charge >= 0.3 is 0 Å². The van der Waals surface area contributed by atoms with Crippen molar-refractivity contribution in [1.82, 2.24) is 0 Å². The molecule has 0 aliphatic heterocycles. The molecule has 1 atom stereocenters. The minimum absolute atomic E-state index is 0.192. The lowest BCUT2D eigenvalue weighted by Crippen LogP contribution is -2.11. The van der Waals surface area contributed by atoms with E-state index in [2.05, 4.69) is 15.9 Å². The number of alkyl halides is 1. The van der Waals surface area contributed by atoms with Crippen LogP contribution in [0.5, 0.6) is 0 Å². The van der Waals surface area contributed by atoms with Crippen LogP contribution in [0.15, 0.2) is 22.7 Å². The van der Waals surface area contributed by atoms with E-state index < -0.39 is 5.38 Å². The zero-order chi connectivity index (χ0) is 10.7. The second-order valence-electron chi connectivity index (χ2n) is 2.81. The quantitative estimate of drug-likeness (QED) is 0.483. The van der Waals surface area contributed by atoms with Crippen LogP contribution in [0.1, 0.15) is 27.6 Å². The van der Waals surface area contributed by atoms with E-state index in [4.69, 9.17) is 11.6 Å². The smallest absolute Gasteiger partial charge is 0.181 e. The van der Waals surface area contributed by atoms with Gasteiger partial charge in [-0.1, -0.05) is 18.2 Å². The summed E-state index contributed by atoms with van der Waals surface area (Å²) in [5.41, 5.74) is 0.894. The van der Waals surface area contributed by atoms with Crippen LogP contribution >= 0.6 is 27.5 Å². The fourth-order valence-electron chi connectivity index (χ4n) is 1.05. The Bertz CT molecular complexity index is 374. The molecule has 0 radical (unpaired) electrons. The van der Waals surface area contributed by atoms with E-state index in [1.165, 1.54) is 0 Å². The number of carbonyl (C=O) groups excluding carboxylic acids is 2. The highest BCUT2D eigenvalue weighted by atomic mass is 79.9. The Morgan fingerprint density at radius 1 is 1.57 bits per heavy atom. The van der Waals surface area contributed by atoms with Crippen LogP contribution in [0, 0.1) is 0 Å². The minimum atomic E-state index is -0.590. The molecule has 0 fully saturated rings. The average Bonchev–Trinajstić information content (AvgIpc) is 2.17. The molecule has 1 aromatic rings. The van der Waals surface area contributed by atoms with Crippen LogP contribution in [-0.2, 0) is 0 Å². The lowest BCUT2D eigenvalue weighted by molar-refractivity contribution is 0.0991. The summed E-state index contributed by atoms with van der Waals surface area (Å²) in [5.74, 6) is -0.192. The van der Waals surface area contributed by atoms with Gasteiger partial charge < -0.3 is 0 Å². The standard InChI is InChI=1S/C10H8BrClO2/c1-6(12)10(14)8-4-2-3-7(5-13)9(8)11/h2-6H,1H3. The lowest BCUT2D eigenvalue weighted by Gasteiger charge is -2.06. The van der Waals surface area contributed by atoms with E-state index in [0.29, 0.717) is 21.9 Å². The van der Waals surface area contributed by atoms with Crippen molar-refractivity contribution in [2.24, 2.45) is 0 Å². The first kappa shape index (κ1) is 11.4. The van der Waals surface area contributed by atoms with Gasteiger partial charge in [-0.15, -0.1) is 11.6 Å². The van der Waals surface area contributed by atoms with Crippen LogP contribution in [0.3, 0.4) is 0 Å². The summed E-state index contributed by atoms with van der Waals surface area (Å²) in [6.07, 6.45) is 0.694. The number of Topliss-reactive ketones (excluding diaryl/α,β-unsaturated/α-hetero) is 1. The van der Waals surface area contributed by atoms with Gasteiger partial charge in [-0.2, -0.15) is 0 Å². The number of ketones is 1. The molecule has 14 heavy (non-hydrogen) atoms. The van der Waals surface area contributed by atoms with Crippen molar-refractivity contribution in [1.29, 1.82) is 0 Å². The maximum absolute atomic E-state index is 11.6. The molecule has 0 bridgehead atoms. The fraction of sp³-hybridized carbons (Fsp3) is 0.200. The number of hydrogen-bond donors (Lipinski definition) is 0. The van der Waals surface area contributed by atoms with Gasteiger partial charge in [0.1, 0.15) is 0 Å². The van der Waals surface area contributed by atoms with Crippen LogP contribution in [-0.4, -0.2) is 17.4 Å². The minimum Gasteiger partial charge on any atom is -0.298 e. The normalized spacial score (nSPS) is 12.2. The third kappa shape index (κ3) is 2.22. The summed E-state index contributed by atoms with van der Waals surface area (Å²) in [4.78, 5) is 22.2. The highest BCUT2D eigenvalue weighted by molar-refractivity contribution is 9.10. The number of halogens is 2. The average molecular weight is 276 g/mol. The predicted octanol–water partition coefficient (Wildman–Crippen LogP) is 3.07. The lowest BCUT2D eigenvalue weighted by atomic mass is 10.1. The second-order valence-corrected chi connectivity index (χ2v) is 4.25. The Kier molecular flexibility index (Phi) is 3.84. The van der Waals surface area contributed by atoms with Crippen LogP contribution in [0.25, 0.3) is 0 Å². The number of rotatable bonds is 3. The van der Waals surface area contributed by atoms with Crippen molar-refractivity contribution in [2.75, 3.05) is 0 Å². The molecule has 0 heterocycles. The van der Waals surface area contributed by atoms with Crippen molar-refractivity contribution in [3.05, 3.63) is 33.8 Å². The second kappa shape index (κ2) is 4.71. The fourth-order valence-corrected chi connectivity index (χ4v) is 1.72. The first-order valence-electron chi connectivity index (χ1n) is 4.00. The largest absolute Gasteiger partial charge is 0.298 e. The topological polar surface area (TPSA) is 34.1 Å². The molecule has 1 aromatic carbocycles. The van der Waals surface area contributed by atoms with Crippen molar-refractivity contribution >= 4 is 39.6 Å². The molecule has 0 saturated carbocycles. The van der Waals surface area contributed by atoms with Gasteiger partial charge in [0.05, 0.1) is 5.38 Å². The van der Waals surface area contributed by atoms with Crippen molar-refractivity contribution in [2.45, 2.75) is 12.3 Å². The highest BCUT2D eigenvalue weighted by Gasteiger charge is 2.16. The third-order valence-electron chi connectivity index (χ3n) is 1.78. The van der Waals surface area contributed by atoms with Gasteiger partial charge in [-0.05, 0) is 22.9 Å². The maximum Gasteiger partial charge on any atom is 0.181 e. The van der Waals surface area contributed by atoms with Crippen LogP contribution in [0.2, 0.25) is 0 Å². The molecule has 0 N–H and O–H groups in total. The Morgan fingerprint density at radius 3 is 2.71 bits per heavy atom. The molecule has 0 saturated heterocycles. The molecule has 0 spiro atoms. The number of aldehydes is 1. The summed E-state index contributed by atoms with van der Waals surface area (Å²) in [6, 6.07) is 4.92. The summed E-state index contributed by atoms with van der Waals surface area (Å²) < 4.78 is 0.507. The van der Waals surface area contributed by atoms with Gasteiger partial charge in [0.2, 0.25) is 0 Å². The number of carbonyl (C=O) groups is 2. The van der Waals surface area contributed by atoms with Gasteiger partial charge in [-0.3, -0.25) is 9.59 Å². The maximum atomic E-state index is 11.6. The van der Waals surface area contributed by atoms with Crippen molar-refractivity contribution in [3.63, 3.8) is 0 Å². The Morgan fingerprint density at radius 2 is 2.21 bits per heavy atom. The van der Waals surface area contributed by atoms with Crippen molar-refractivity contribution < 1.29 is 9.59 Å². The third-order valence-corrected chi connectivity index (χ3v) is 2.87. The summed E-state index contributed by atoms with van der Waals surface area (Å²) in [7, 11) is 0. The molecule has 0 aliphatic rings. The number of hydrogen-bond acceptors (Lipinski definition) is 2. The summed E-state index contributed by atoms with van der Waals surface area (Å²) >= 11 is 8.87. The molecule has 4 heteroatoms. The zero-order valence-electron chi connectivity index (χ0n) is 7.46. The summed E-state index contributed by atoms with van der Waals surface area (Å²) in [5, 5.41) is -0.590. The molecule has 0 amide bonds. The molecule has 1 unspecified atom stereocenters. The first-order valence-corrected chi connectivity index (χ1v) is 5.23. The summed E-state index contributed by atoms with van der Waals surface area (Å²) in [6.45, 7) is 1.60. The van der Waals surface area contributed by atoms with E-state index >= 15 is 0 Å².